The highest BCUT2D eigenvalue weighted by Gasteiger charge is 2.14. The molecule has 1 heterocycles. The molecule has 1 aromatic carbocycles. The molecular weight excluding hydrogens is 325 g/mol. The first-order chi connectivity index (χ1) is 9.01. The topological polar surface area (TPSA) is 12.0 Å². The van der Waals surface area contributed by atoms with Gasteiger partial charge in [-0.05, 0) is 72.6 Å². The van der Waals surface area contributed by atoms with Crippen molar-refractivity contribution in [2.45, 2.75) is 26.3 Å². The van der Waals surface area contributed by atoms with Crippen LogP contribution in [0.3, 0.4) is 0 Å². The van der Waals surface area contributed by atoms with E-state index in [2.05, 4.69) is 41.2 Å². The van der Waals surface area contributed by atoms with Crippen LogP contribution in [-0.4, -0.2) is 7.05 Å². The van der Waals surface area contributed by atoms with Crippen LogP contribution in [0.25, 0.3) is 0 Å². The molecule has 0 amide bonds. The van der Waals surface area contributed by atoms with Crippen molar-refractivity contribution in [1.82, 2.24) is 5.32 Å². The molecule has 2 aromatic rings. The zero-order valence-electron chi connectivity index (χ0n) is 11.3. The van der Waals surface area contributed by atoms with Gasteiger partial charge in [0, 0.05) is 15.8 Å². The Morgan fingerprint density at radius 1 is 1.32 bits per heavy atom. The molecule has 0 aliphatic rings. The molecule has 0 radical (unpaired) electrons. The van der Waals surface area contributed by atoms with E-state index in [0.717, 1.165) is 12.0 Å². The van der Waals surface area contributed by atoms with E-state index in [1.165, 1.54) is 21.4 Å². The Morgan fingerprint density at radius 3 is 2.58 bits per heavy atom. The van der Waals surface area contributed by atoms with Crippen LogP contribution in [0.2, 0.25) is 0 Å². The maximum absolute atomic E-state index is 13.2. The minimum Gasteiger partial charge on any atom is -0.312 e. The minimum atomic E-state index is -0.215. The molecule has 0 saturated carbocycles. The monoisotopic (exact) mass is 341 g/mol. The van der Waals surface area contributed by atoms with Crippen LogP contribution >= 0.6 is 27.3 Å². The van der Waals surface area contributed by atoms with Crippen LogP contribution in [0.15, 0.2) is 28.7 Å². The Kier molecular flexibility index (Phi) is 4.76. The quantitative estimate of drug-likeness (QED) is 0.844. The van der Waals surface area contributed by atoms with Crippen molar-refractivity contribution in [1.29, 1.82) is 0 Å². The molecule has 1 unspecified atom stereocenters. The number of hydrogen-bond donors (Lipinski definition) is 1. The van der Waals surface area contributed by atoms with Gasteiger partial charge in [0.2, 0.25) is 0 Å². The highest BCUT2D eigenvalue weighted by molar-refractivity contribution is 9.10. The summed E-state index contributed by atoms with van der Waals surface area (Å²) in [6.07, 6.45) is 0.856. The summed E-state index contributed by atoms with van der Waals surface area (Å²) in [5, 5.41) is 3.34. The van der Waals surface area contributed by atoms with Crippen molar-refractivity contribution in [3.05, 3.63) is 55.4 Å². The van der Waals surface area contributed by atoms with E-state index in [4.69, 9.17) is 0 Å². The summed E-state index contributed by atoms with van der Waals surface area (Å²) in [7, 11) is 1.97. The van der Waals surface area contributed by atoms with E-state index in [-0.39, 0.29) is 11.9 Å². The highest BCUT2D eigenvalue weighted by Crippen LogP contribution is 2.29. The van der Waals surface area contributed by atoms with Crippen molar-refractivity contribution < 1.29 is 4.39 Å². The lowest BCUT2D eigenvalue weighted by molar-refractivity contribution is 0.596. The number of rotatable bonds is 4. The van der Waals surface area contributed by atoms with Gasteiger partial charge in [0.15, 0.2) is 0 Å². The Labute approximate surface area is 126 Å². The van der Waals surface area contributed by atoms with Crippen molar-refractivity contribution in [2.75, 3.05) is 7.05 Å². The van der Waals surface area contributed by atoms with Crippen LogP contribution in [-0.2, 0) is 6.42 Å². The zero-order valence-corrected chi connectivity index (χ0v) is 13.7. The Hall–Kier alpha value is -0.710. The van der Waals surface area contributed by atoms with Gasteiger partial charge in [-0.2, -0.15) is 0 Å². The predicted octanol–water partition coefficient (Wildman–Crippen LogP) is 4.77. The molecule has 0 fully saturated rings. The maximum Gasteiger partial charge on any atom is 0.137 e. The first kappa shape index (κ1) is 14.7. The van der Waals surface area contributed by atoms with E-state index in [1.54, 1.807) is 0 Å². The molecule has 0 bridgehead atoms. The number of nitrogens with one attached hydrogen (secondary N) is 1. The molecular formula is C15H17BrFNS. The van der Waals surface area contributed by atoms with E-state index in [1.807, 2.05) is 30.5 Å². The number of hydrogen-bond acceptors (Lipinski definition) is 2. The van der Waals surface area contributed by atoms with Crippen molar-refractivity contribution in [2.24, 2.45) is 0 Å². The summed E-state index contributed by atoms with van der Waals surface area (Å²) in [5.74, 6) is -0.215. The van der Waals surface area contributed by atoms with Gasteiger partial charge in [-0.15, -0.1) is 11.3 Å². The first-order valence-electron chi connectivity index (χ1n) is 6.19. The lowest BCUT2D eigenvalue weighted by Gasteiger charge is -2.15. The van der Waals surface area contributed by atoms with Gasteiger partial charge in [-0.1, -0.05) is 6.07 Å². The predicted molar refractivity (Wildman–Crippen MR) is 83.4 cm³/mol. The van der Waals surface area contributed by atoms with Gasteiger partial charge >= 0.3 is 0 Å². The molecule has 1 nitrogen and oxygen atoms in total. The van der Waals surface area contributed by atoms with E-state index >= 15 is 0 Å². The van der Waals surface area contributed by atoms with E-state index < -0.39 is 0 Å². The van der Waals surface area contributed by atoms with Gasteiger partial charge in [-0.3, -0.25) is 0 Å². The zero-order chi connectivity index (χ0) is 14.0. The summed E-state index contributed by atoms with van der Waals surface area (Å²) < 4.78 is 13.8. The molecule has 0 saturated heterocycles. The molecule has 0 spiro atoms. The fraction of sp³-hybridized carbons (Fsp3) is 0.333. The van der Waals surface area contributed by atoms with Crippen molar-refractivity contribution >= 4 is 27.3 Å². The van der Waals surface area contributed by atoms with Crippen LogP contribution in [0.1, 0.15) is 26.9 Å². The molecule has 19 heavy (non-hydrogen) atoms. The molecule has 4 heteroatoms. The van der Waals surface area contributed by atoms with Crippen LogP contribution in [0.5, 0.6) is 0 Å². The maximum atomic E-state index is 13.2. The van der Waals surface area contributed by atoms with Gasteiger partial charge in [0.25, 0.3) is 0 Å². The molecule has 2 rings (SSSR count). The fourth-order valence-electron chi connectivity index (χ4n) is 2.02. The van der Waals surface area contributed by atoms with Crippen molar-refractivity contribution in [3.63, 3.8) is 0 Å². The average molecular weight is 342 g/mol. The molecule has 1 atom stereocenters. The number of aryl methyl sites for hydroxylation is 2. The Morgan fingerprint density at radius 2 is 2.05 bits per heavy atom. The SMILES string of the molecule is CNC(Cc1ccc(F)c(Br)c1)c1cc(C)c(C)s1. The summed E-state index contributed by atoms with van der Waals surface area (Å²) >= 11 is 5.06. The molecule has 102 valence electrons. The Bertz CT molecular complexity index is 560. The van der Waals surface area contributed by atoms with Crippen LogP contribution in [0.4, 0.5) is 4.39 Å². The summed E-state index contributed by atoms with van der Waals surface area (Å²) in [4.78, 5) is 2.69. The summed E-state index contributed by atoms with van der Waals surface area (Å²) in [6.45, 7) is 4.28. The van der Waals surface area contributed by atoms with Gasteiger partial charge in [0.05, 0.1) is 4.47 Å². The van der Waals surface area contributed by atoms with Crippen LogP contribution < -0.4 is 5.32 Å². The third kappa shape index (κ3) is 3.44. The molecule has 0 aliphatic heterocycles. The summed E-state index contributed by atoms with van der Waals surface area (Å²) in [5.41, 5.74) is 2.46. The lowest BCUT2D eigenvalue weighted by Crippen LogP contribution is -2.17. The normalized spacial score (nSPS) is 12.7. The smallest absolute Gasteiger partial charge is 0.137 e. The third-order valence-corrected chi connectivity index (χ3v) is 5.17. The first-order valence-corrected chi connectivity index (χ1v) is 7.80. The minimum absolute atomic E-state index is 0.215. The second-order valence-corrected chi connectivity index (χ2v) is 6.82. The second-order valence-electron chi connectivity index (χ2n) is 4.68. The number of halogens is 2. The molecule has 1 N–H and O–H groups in total. The third-order valence-electron chi connectivity index (χ3n) is 3.30. The average Bonchev–Trinajstić information content (AvgIpc) is 2.71. The van der Waals surface area contributed by atoms with Crippen molar-refractivity contribution in [3.8, 4) is 0 Å². The molecule has 0 aliphatic carbocycles. The lowest BCUT2D eigenvalue weighted by atomic mass is 10.0. The second kappa shape index (κ2) is 6.16. The van der Waals surface area contributed by atoms with E-state index in [9.17, 15) is 4.39 Å². The number of likely N-dealkylation sites (N-methyl/N-ethyl adjacent to an activating group) is 1. The fourth-order valence-corrected chi connectivity index (χ4v) is 3.60. The van der Waals surface area contributed by atoms with Gasteiger partial charge in [0.1, 0.15) is 5.82 Å². The standard InChI is InChI=1S/C15H17BrFNS/c1-9-6-15(19-10(9)2)14(18-3)8-11-4-5-13(17)12(16)7-11/h4-7,14,18H,8H2,1-3H3. The van der Waals surface area contributed by atoms with Crippen LogP contribution in [0, 0.1) is 19.7 Å². The van der Waals surface area contributed by atoms with Gasteiger partial charge in [-0.25, -0.2) is 4.39 Å². The highest BCUT2D eigenvalue weighted by atomic mass is 79.9. The van der Waals surface area contributed by atoms with Gasteiger partial charge < -0.3 is 5.32 Å². The summed E-state index contributed by atoms with van der Waals surface area (Å²) in [6, 6.07) is 7.72. The molecule has 1 aromatic heterocycles. The number of benzene rings is 1. The number of thiophene rings is 1. The Balaban J connectivity index is 2.21. The van der Waals surface area contributed by atoms with E-state index in [0.29, 0.717) is 4.47 Å². The largest absolute Gasteiger partial charge is 0.312 e.